The number of carbonyl (C=O) groups is 2. The number of aromatic nitrogens is 8. The molecule has 3 atom stereocenters. The molecule has 1 saturated carbocycles. The van der Waals surface area contributed by atoms with Crippen molar-refractivity contribution in [1.29, 1.82) is 0 Å². The summed E-state index contributed by atoms with van der Waals surface area (Å²) in [5.41, 5.74) is 9.50. The van der Waals surface area contributed by atoms with Crippen LogP contribution < -0.4 is 4.74 Å². The van der Waals surface area contributed by atoms with Crippen molar-refractivity contribution in [3.05, 3.63) is 87.5 Å². The summed E-state index contributed by atoms with van der Waals surface area (Å²) in [6, 6.07) is 7.93. The molecule has 0 radical (unpaired) electrons. The van der Waals surface area contributed by atoms with Gasteiger partial charge >= 0.3 is 0 Å². The SMILES string of the molecule is CCCC1=C(CCC)c2nc1nc1[nH]c(nc(C(=O)N(C)C)nc(C(=O)N(C)Cc3ccc(OCC4C[C@H]5C=C[C@@H]4C5)cc3)nc3[nH]c(n2)c(CCC)c3CCC)c(CCC)c1CCC. The lowest BCUT2D eigenvalue weighted by molar-refractivity contribution is 0.0771. The quantitative estimate of drug-likeness (QED) is 0.0874. The molecule has 8 bridgehead atoms. The molecular weight excluding hydrogens is 813 g/mol. The van der Waals surface area contributed by atoms with E-state index < -0.39 is 11.8 Å². The highest BCUT2D eigenvalue weighted by Crippen LogP contribution is 2.43. The summed E-state index contributed by atoms with van der Waals surface area (Å²) in [6.45, 7) is 13.9. The molecule has 7 rings (SSSR count). The molecule has 13 nitrogen and oxygen atoms in total. The maximum Gasteiger partial charge on any atom is 0.291 e. The molecule has 2 aliphatic carbocycles. The van der Waals surface area contributed by atoms with Crippen LogP contribution >= 0.6 is 0 Å². The topological polar surface area (TPSA) is 159 Å². The van der Waals surface area contributed by atoms with Crippen LogP contribution in [0.5, 0.6) is 5.75 Å². The van der Waals surface area contributed by atoms with Gasteiger partial charge in [-0.3, -0.25) is 9.59 Å². The maximum atomic E-state index is 14.9. The first-order valence-electron chi connectivity index (χ1n) is 24.4. The zero-order valence-corrected chi connectivity index (χ0v) is 40.3. The van der Waals surface area contributed by atoms with Gasteiger partial charge in [0.2, 0.25) is 11.6 Å². The molecule has 4 aromatic rings. The van der Waals surface area contributed by atoms with Gasteiger partial charge in [0.05, 0.1) is 6.61 Å². The molecule has 2 N–H and O–H groups in total. The van der Waals surface area contributed by atoms with Crippen LogP contribution in [0.2, 0.25) is 0 Å². The van der Waals surface area contributed by atoms with E-state index in [1.54, 1.807) is 26.0 Å². The van der Waals surface area contributed by atoms with E-state index in [-0.39, 0.29) is 18.2 Å². The predicted octanol–water partition coefficient (Wildman–Crippen LogP) is 10.5. The van der Waals surface area contributed by atoms with E-state index in [1.165, 1.54) is 17.7 Å². The first kappa shape index (κ1) is 47.2. The Morgan fingerprint density at radius 3 is 1.49 bits per heavy atom. The van der Waals surface area contributed by atoms with Crippen LogP contribution in [0.1, 0.15) is 166 Å². The van der Waals surface area contributed by atoms with E-state index in [0.717, 1.165) is 109 Å². The van der Waals surface area contributed by atoms with Crippen molar-refractivity contribution >= 4 is 45.5 Å². The highest BCUT2D eigenvalue weighted by atomic mass is 16.5. The number of nitrogens with zero attached hydrogens (tertiary/aromatic N) is 8. The third-order valence-electron chi connectivity index (χ3n) is 12.9. The number of rotatable bonds is 19. The van der Waals surface area contributed by atoms with Crippen LogP contribution in [-0.4, -0.2) is 89.2 Å². The van der Waals surface area contributed by atoms with Gasteiger partial charge in [0.25, 0.3) is 11.8 Å². The molecule has 65 heavy (non-hydrogen) atoms. The Bertz CT molecular complexity index is 2570. The Hall–Kier alpha value is -5.72. The van der Waals surface area contributed by atoms with E-state index in [4.69, 9.17) is 34.6 Å². The van der Waals surface area contributed by atoms with Crippen molar-refractivity contribution in [2.75, 3.05) is 27.7 Å². The van der Waals surface area contributed by atoms with Crippen LogP contribution in [0.25, 0.3) is 33.7 Å². The first-order valence-corrected chi connectivity index (χ1v) is 24.4. The lowest BCUT2D eigenvalue weighted by Gasteiger charge is -2.19. The van der Waals surface area contributed by atoms with Crippen molar-refractivity contribution in [3.8, 4) is 5.75 Å². The van der Waals surface area contributed by atoms with E-state index in [9.17, 15) is 9.59 Å². The predicted molar refractivity (Wildman–Crippen MR) is 259 cm³/mol. The summed E-state index contributed by atoms with van der Waals surface area (Å²) in [6.07, 6.45) is 17.0. The minimum absolute atomic E-state index is 0.156. The molecule has 0 spiro atoms. The number of aryl methyl sites for hydroxylation is 4. The van der Waals surface area contributed by atoms with E-state index in [1.807, 2.05) is 24.3 Å². The molecule has 13 heteroatoms. The van der Waals surface area contributed by atoms with Crippen molar-refractivity contribution in [3.63, 3.8) is 0 Å². The third-order valence-corrected chi connectivity index (χ3v) is 12.9. The number of fused-ring (bicyclic) bond motifs is 8. The number of benzene rings is 1. The molecule has 346 valence electrons. The molecule has 2 amide bonds. The lowest BCUT2D eigenvalue weighted by atomic mass is 9.95. The number of ether oxygens (including phenoxy) is 1. The fourth-order valence-electron chi connectivity index (χ4n) is 9.73. The van der Waals surface area contributed by atoms with E-state index in [2.05, 4.69) is 63.7 Å². The smallest absolute Gasteiger partial charge is 0.291 e. The Morgan fingerprint density at radius 2 is 1.06 bits per heavy atom. The number of allylic oxidation sites excluding steroid dienone is 4. The number of amides is 2. The number of hydrogen-bond donors (Lipinski definition) is 2. The van der Waals surface area contributed by atoms with Gasteiger partial charge in [-0.15, -0.1) is 0 Å². The molecule has 1 aromatic carbocycles. The normalized spacial score (nSPS) is 17.0. The summed E-state index contributed by atoms with van der Waals surface area (Å²) in [7, 11) is 5.06. The second-order valence-corrected chi connectivity index (χ2v) is 18.3. The van der Waals surface area contributed by atoms with Gasteiger partial charge in [-0.2, -0.15) is 4.98 Å². The highest BCUT2D eigenvalue weighted by molar-refractivity contribution is 5.94. The minimum Gasteiger partial charge on any atom is -0.493 e. The molecular formula is C52H70N10O3. The molecule has 0 saturated heterocycles. The summed E-state index contributed by atoms with van der Waals surface area (Å²) < 4.78 is 6.24. The third kappa shape index (κ3) is 10.5. The van der Waals surface area contributed by atoms with E-state index in [0.29, 0.717) is 71.4 Å². The van der Waals surface area contributed by atoms with Gasteiger partial charge in [0.1, 0.15) is 28.3 Å². The fourth-order valence-corrected chi connectivity index (χ4v) is 9.73. The summed E-state index contributed by atoms with van der Waals surface area (Å²) >= 11 is 0. The molecule has 3 aliphatic rings. The summed E-state index contributed by atoms with van der Waals surface area (Å²) in [4.78, 5) is 70.1. The molecule has 4 heterocycles. The van der Waals surface area contributed by atoms with Gasteiger partial charge in [-0.25, -0.2) is 24.9 Å². The summed E-state index contributed by atoms with van der Waals surface area (Å²) in [5, 5.41) is 0. The van der Waals surface area contributed by atoms with Gasteiger partial charge in [0.15, 0.2) is 11.6 Å². The molecule has 1 aliphatic heterocycles. The second-order valence-electron chi connectivity index (χ2n) is 18.3. The average Bonchev–Trinajstić information content (AvgIpc) is 4.12. The van der Waals surface area contributed by atoms with Crippen molar-refractivity contribution in [2.45, 2.75) is 138 Å². The second kappa shape index (κ2) is 21.5. The lowest BCUT2D eigenvalue weighted by Crippen LogP contribution is -2.29. The van der Waals surface area contributed by atoms with Gasteiger partial charge in [-0.05, 0) is 86.8 Å². The first-order chi connectivity index (χ1) is 31.5. The fraction of sp³-hybridized carbons (Fsp3) is 0.538. The number of nitrogens with one attached hydrogen (secondary N) is 2. The minimum atomic E-state index is -0.460. The number of hydrogen-bond acceptors (Lipinski definition) is 9. The Labute approximate surface area is 385 Å². The zero-order chi connectivity index (χ0) is 46.2. The number of H-pyrrole nitrogens is 2. The Balaban J connectivity index is 1.44. The van der Waals surface area contributed by atoms with Crippen molar-refractivity contribution in [2.24, 2.45) is 17.8 Å². The molecule has 1 fully saturated rings. The molecule has 1 unspecified atom stereocenters. The van der Waals surface area contributed by atoms with Crippen molar-refractivity contribution < 1.29 is 14.3 Å². The van der Waals surface area contributed by atoms with Crippen LogP contribution in [0, 0.1) is 17.8 Å². The maximum absolute atomic E-state index is 14.9. The van der Waals surface area contributed by atoms with E-state index >= 15 is 0 Å². The monoisotopic (exact) mass is 883 g/mol. The van der Waals surface area contributed by atoms with Gasteiger partial charge < -0.3 is 24.5 Å². The Kier molecular flexibility index (Phi) is 15.6. The van der Waals surface area contributed by atoms with Gasteiger partial charge in [0, 0.05) is 61.1 Å². The number of carbonyl (C=O) groups excluding carboxylic acids is 2. The van der Waals surface area contributed by atoms with Crippen LogP contribution in [-0.2, 0) is 32.2 Å². The Morgan fingerprint density at radius 1 is 0.585 bits per heavy atom. The largest absolute Gasteiger partial charge is 0.493 e. The van der Waals surface area contributed by atoms with Crippen molar-refractivity contribution in [1.82, 2.24) is 49.7 Å². The number of aromatic amines is 2. The standard InChI is InChI=1S/C52H70N10O3/c1-10-16-37-38(17-11-2)44-53-43(37)54-45-39(18-12-3)41(20-14-5)47(56-45)58-49(51(63)61(7)8)60-50(59-48-42(21-15-6)40(19-13-4)46(55-44)57-48)52(64)62(9)30-32-23-26-36(27-24-32)65-31-35-29-33-22-25-34(35)28-33/h22-27,33-35H,10-21,28-31H2,1-9H3,(H2,53,54,55,56,57,58,59,60)/t33-,34+,35?/m0/s1. The molecule has 3 aromatic heterocycles. The zero-order valence-electron chi connectivity index (χ0n) is 40.3. The van der Waals surface area contributed by atoms with Crippen LogP contribution in [0.15, 0.2) is 36.4 Å². The summed E-state index contributed by atoms with van der Waals surface area (Å²) in [5.74, 6) is 2.79. The van der Waals surface area contributed by atoms with Gasteiger partial charge in [-0.1, -0.05) is 104 Å². The highest BCUT2D eigenvalue weighted by Gasteiger charge is 2.36. The van der Waals surface area contributed by atoms with Crippen LogP contribution in [0.3, 0.4) is 0 Å². The van der Waals surface area contributed by atoms with Crippen LogP contribution in [0.4, 0.5) is 0 Å². The average molecular weight is 883 g/mol.